The summed E-state index contributed by atoms with van der Waals surface area (Å²) in [5, 5.41) is 0.710. The van der Waals surface area contributed by atoms with Crippen molar-refractivity contribution < 1.29 is 4.74 Å². The normalized spacial score (nSPS) is 11.0. The van der Waals surface area contributed by atoms with E-state index in [4.69, 9.17) is 16.3 Å². The minimum Gasteiger partial charge on any atom is -0.488 e. The minimum atomic E-state index is 0.426. The van der Waals surface area contributed by atoms with Gasteiger partial charge in [-0.25, -0.2) is 0 Å². The number of benzene rings is 3. The smallest absolute Gasteiger partial charge is 0.134 e. The van der Waals surface area contributed by atoms with Crippen molar-refractivity contribution in [3.8, 4) is 5.75 Å². The first kappa shape index (κ1) is 18.7. The van der Waals surface area contributed by atoms with Gasteiger partial charge in [0, 0.05) is 16.8 Å². The molecular formula is C22H19BrClNO. The summed E-state index contributed by atoms with van der Waals surface area (Å²) >= 11 is 9.73. The average molecular weight is 429 g/mol. The summed E-state index contributed by atoms with van der Waals surface area (Å²) in [5.41, 5.74) is 4.22. The topological polar surface area (TPSA) is 21.6 Å². The number of aryl methyl sites for hydroxylation is 1. The van der Waals surface area contributed by atoms with E-state index in [0.29, 0.717) is 11.6 Å². The second kappa shape index (κ2) is 9.02. The molecule has 2 nitrogen and oxygen atoms in total. The summed E-state index contributed by atoms with van der Waals surface area (Å²) in [7, 11) is 0. The zero-order valence-electron chi connectivity index (χ0n) is 14.5. The van der Waals surface area contributed by atoms with Crippen LogP contribution in [0.1, 0.15) is 23.6 Å². The number of hydrogen-bond acceptors (Lipinski definition) is 2. The third-order valence-electron chi connectivity index (χ3n) is 4.00. The lowest BCUT2D eigenvalue weighted by Crippen LogP contribution is -1.97. The van der Waals surface area contributed by atoms with Gasteiger partial charge in [-0.2, -0.15) is 0 Å². The van der Waals surface area contributed by atoms with Gasteiger partial charge in [0.2, 0.25) is 0 Å². The molecule has 0 unspecified atom stereocenters. The number of hydrogen-bond donors (Lipinski definition) is 0. The van der Waals surface area contributed by atoms with E-state index in [1.807, 2.05) is 60.8 Å². The Morgan fingerprint density at radius 3 is 2.50 bits per heavy atom. The molecule has 0 aromatic heterocycles. The summed E-state index contributed by atoms with van der Waals surface area (Å²) in [6.45, 7) is 2.57. The number of halogens is 2. The van der Waals surface area contributed by atoms with Crippen molar-refractivity contribution in [1.29, 1.82) is 0 Å². The number of nitrogens with zero attached hydrogens (tertiary/aromatic N) is 1. The first-order valence-corrected chi connectivity index (χ1v) is 9.61. The van der Waals surface area contributed by atoms with Crippen molar-refractivity contribution >= 4 is 39.4 Å². The molecule has 132 valence electrons. The first-order chi connectivity index (χ1) is 12.7. The predicted molar refractivity (Wildman–Crippen MR) is 113 cm³/mol. The Morgan fingerprint density at radius 2 is 1.81 bits per heavy atom. The molecular weight excluding hydrogens is 410 g/mol. The van der Waals surface area contributed by atoms with Gasteiger partial charge in [0.05, 0.1) is 10.2 Å². The zero-order valence-corrected chi connectivity index (χ0v) is 16.8. The highest BCUT2D eigenvalue weighted by Gasteiger charge is 2.04. The molecule has 3 aromatic rings. The van der Waals surface area contributed by atoms with Crippen LogP contribution in [0.25, 0.3) is 0 Å². The second-order valence-electron chi connectivity index (χ2n) is 5.85. The fraction of sp³-hybridized carbons (Fsp3) is 0.136. The van der Waals surface area contributed by atoms with E-state index in [1.54, 1.807) is 0 Å². The van der Waals surface area contributed by atoms with Gasteiger partial charge in [-0.05, 0) is 69.9 Å². The predicted octanol–water partition coefficient (Wildman–Crippen LogP) is 6.99. The lowest BCUT2D eigenvalue weighted by molar-refractivity contribution is 0.304. The molecule has 0 amide bonds. The minimum absolute atomic E-state index is 0.426. The Morgan fingerprint density at radius 1 is 1.04 bits per heavy atom. The van der Waals surface area contributed by atoms with Crippen molar-refractivity contribution in [2.45, 2.75) is 20.0 Å². The Kier molecular flexibility index (Phi) is 6.48. The van der Waals surface area contributed by atoms with Crippen LogP contribution in [0.5, 0.6) is 5.75 Å². The van der Waals surface area contributed by atoms with Crippen LogP contribution in [0.4, 0.5) is 5.69 Å². The maximum Gasteiger partial charge on any atom is 0.134 e. The Bertz CT molecular complexity index is 906. The molecule has 0 aliphatic carbocycles. The van der Waals surface area contributed by atoms with E-state index in [-0.39, 0.29) is 0 Å². The molecule has 0 bridgehead atoms. The van der Waals surface area contributed by atoms with Crippen LogP contribution in [0.15, 0.2) is 76.2 Å². The number of ether oxygens (including phenoxy) is 1. The Hall–Kier alpha value is -2.10. The van der Waals surface area contributed by atoms with Gasteiger partial charge in [-0.1, -0.05) is 48.9 Å². The number of aliphatic imine (C=N–C) groups is 1. The van der Waals surface area contributed by atoms with Gasteiger partial charge in [-0.15, -0.1) is 0 Å². The highest BCUT2D eigenvalue weighted by Crippen LogP contribution is 2.27. The first-order valence-electron chi connectivity index (χ1n) is 8.44. The maximum absolute atomic E-state index is 6.16. The van der Waals surface area contributed by atoms with Crippen LogP contribution >= 0.6 is 27.5 Å². The molecule has 26 heavy (non-hydrogen) atoms. The van der Waals surface area contributed by atoms with Crippen molar-refractivity contribution in [2.75, 3.05) is 0 Å². The summed E-state index contributed by atoms with van der Waals surface area (Å²) < 4.78 is 6.76. The largest absolute Gasteiger partial charge is 0.488 e. The SMILES string of the molecule is CCc1ccc(N=Cc2ccc(OCc3ccccc3Cl)c(Br)c2)cc1. The van der Waals surface area contributed by atoms with E-state index >= 15 is 0 Å². The lowest BCUT2D eigenvalue weighted by atomic mass is 10.1. The van der Waals surface area contributed by atoms with Crippen molar-refractivity contribution in [1.82, 2.24) is 0 Å². The monoisotopic (exact) mass is 427 g/mol. The summed E-state index contributed by atoms with van der Waals surface area (Å²) in [5.74, 6) is 0.773. The summed E-state index contributed by atoms with van der Waals surface area (Å²) in [6, 6.07) is 21.9. The van der Waals surface area contributed by atoms with Crippen LogP contribution in [-0.4, -0.2) is 6.21 Å². The molecule has 0 fully saturated rings. The van der Waals surface area contributed by atoms with Crippen LogP contribution in [0, 0.1) is 0 Å². The van der Waals surface area contributed by atoms with Gasteiger partial charge in [0.1, 0.15) is 12.4 Å². The fourth-order valence-electron chi connectivity index (χ4n) is 2.45. The van der Waals surface area contributed by atoms with Crippen molar-refractivity contribution in [3.05, 3.63) is 92.9 Å². The molecule has 0 atom stereocenters. The van der Waals surface area contributed by atoms with Crippen LogP contribution in [0.3, 0.4) is 0 Å². The molecule has 0 radical (unpaired) electrons. The molecule has 0 aliphatic heterocycles. The van der Waals surface area contributed by atoms with Crippen LogP contribution < -0.4 is 4.74 Å². The quantitative estimate of drug-likeness (QED) is 0.387. The highest BCUT2D eigenvalue weighted by molar-refractivity contribution is 9.10. The summed E-state index contributed by atoms with van der Waals surface area (Å²) in [6.07, 6.45) is 2.89. The molecule has 0 saturated carbocycles. The molecule has 0 aliphatic rings. The summed E-state index contributed by atoms with van der Waals surface area (Å²) in [4.78, 5) is 4.52. The maximum atomic E-state index is 6.16. The standard InChI is InChI=1S/C22H19BrClNO/c1-2-16-7-10-19(11-8-16)25-14-17-9-12-22(20(23)13-17)26-15-18-5-3-4-6-21(18)24/h3-14H,2,15H2,1H3. The molecule has 0 spiro atoms. The van der Waals surface area contributed by atoms with Crippen molar-refractivity contribution in [2.24, 2.45) is 4.99 Å². The van der Waals surface area contributed by atoms with Crippen LogP contribution in [-0.2, 0) is 13.0 Å². The van der Waals surface area contributed by atoms with Gasteiger partial charge < -0.3 is 4.74 Å². The average Bonchev–Trinajstić information content (AvgIpc) is 2.67. The van der Waals surface area contributed by atoms with E-state index in [1.165, 1.54) is 5.56 Å². The second-order valence-corrected chi connectivity index (χ2v) is 7.11. The van der Waals surface area contributed by atoms with Crippen molar-refractivity contribution in [3.63, 3.8) is 0 Å². The molecule has 0 heterocycles. The Balaban J connectivity index is 1.66. The van der Waals surface area contributed by atoms with E-state index in [9.17, 15) is 0 Å². The van der Waals surface area contributed by atoms with E-state index in [2.05, 4.69) is 40.0 Å². The highest BCUT2D eigenvalue weighted by atomic mass is 79.9. The van der Waals surface area contributed by atoms with Gasteiger partial charge in [0.15, 0.2) is 0 Å². The third-order valence-corrected chi connectivity index (χ3v) is 4.99. The van der Waals surface area contributed by atoms with Gasteiger partial charge in [0.25, 0.3) is 0 Å². The molecule has 3 aromatic carbocycles. The lowest BCUT2D eigenvalue weighted by Gasteiger charge is -2.10. The molecule has 3 rings (SSSR count). The van der Waals surface area contributed by atoms with E-state index < -0.39 is 0 Å². The fourth-order valence-corrected chi connectivity index (χ4v) is 3.15. The Labute approximate surface area is 167 Å². The third kappa shape index (κ3) is 4.96. The van der Waals surface area contributed by atoms with Gasteiger partial charge in [-0.3, -0.25) is 4.99 Å². The zero-order chi connectivity index (χ0) is 18.4. The molecule has 0 N–H and O–H groups in total. The molecule has 4 heteroatoms. The number of rotatable bonds is 6. The molecule has 0 saturated heterocycles. The van der Waals surface area contributed by atoms with Gasteiger partial charge >= 0.3 is 0 Å². The van der Waals surface area contributed by atoms with E-state index in [0.717, 1.165) is 33.5 Å². The van der Waals surface area contributed by atoms with Crippen LogP contribution in [0.2, 0.25) is 5.02 Å².